The molecule has 0 aliphatic rings. The highest BCUT2D eigenvalue weighted by Gasteiger charge is 2.21. The summed E-state index contributed by atoms with van der Waals surface area (Å²) in [7, 11) is 0.956. The minimum Gasteiger partial charge on any atom is -0.497 e. The lowest BCUT2D eigenvalue weighted by atomic mass is 10.3. The zero-order valence-electron chi connectivity index (χ0n) is 14.2. The number of fused-ring (bicyclic) bond motifs is 1. The highest BCUT2D eigenvalue weighted by molar-refractivity contribution is 7.89. The van der Waals surface area contributed by atoms with E-state index in [2.05, 4.69) is 9.71 Å². The first-order valence-electron chi connectivity index (χ1n) is 7.58. The molecule has 25 heavy (non-hydrogen) atoms. The standard InChI is InChI=1S/C17H19N3O4S/c1-20-14-7-5-4-6-13(14)19-17(20)11-18-25(21,22)16-10-12(23-2)8-9-15(16)24-3/h4-10,18H,11H2,1-3H3. The molecule has 1 aromatic heterocycles. The van der Waals surface area contributed by atoms with E-state index in [0.717, 1.165) is 11.0 Å². The van der Waals surface area contributed by atoms with Crippen LogP contribution in [0.5, 0.6) is 11.5 Å². The van der Waals surface area contributed by atoms with Crippen LogP contribution in [-0.2, 0) is 23.6 Å². The van der Waals surface area contributed by atoms with Crippen molar-refractivity contribution in [2.75, 3.05) is 14.2 Å². The van der Waals surface area contributed by atoms with Gasteiger partial charge in [-0.2, -0.15) is 0 Å². The van der Waals surface area contributed by atoms with E-state index < -0.39 is 10.0 Å². The molecule has 0 spiro atoms. The second-order valence-electron chi connectivity index (χ2n) is 5.42. The number of benzene rings is 2. The van der Waals surface area contributed by atoms with Crippen molar-refractivity contribution in [3.63, 3.8) is 0 Å². The smallest absolute Gasteiger partial charge is 0.244 e. The van der Waals surface area contributed by atoms with Crippen molar-refractivity contribution in [3.8, 4) is 11.5 Å². The molecule has 8 heteroatoms. The predicted octanol–water partition coefficient (Wildman–Crippen LogP) is 2.07. The van der Waals surface area contributed by atoms with Crippen LogP contribution in [0.3, 0.4) is 0 Å². The average Bonchev–Trinajstić information content (AvgIpc) is 2.96. The largest absolute Gasteiger partial charge is 0.497 e. The van der Waals surface area contributed by atoms with Crippen LogP contribution in [0.2, 0.25) is 0 Å². The van der Waals surface area contributed by atoms with E-state index in [1.165, 1.54) is 20.3 Å². The maximum absolute atomic E-state index is 12.7. The van der Waals surface area contributed by atoms with Crippen LogP contribution in [0.1, 0.15) is 5.82 Å². The van der Waals surface area contributed by atoms with Gasteiger partial charge in [0.1, 0.15) is 22.2 Å². The van der Waals surface area contributed by atoms with Gasteiger partial charge in [0.15, 0.2) is 0 Å². The van der Waals surface area contributed by atoms with E-state index in [1.54, 1.807) is 12.1 Å². The molecule has 3 rings (SSSR count). The van der Waals surface area contributed by atoms with Gasteiger partial charge in [0.25, 0.3) is 0 Å². The van der Waals surface area contributed by atoms with Crippen LogP contribution in [0.15, 0.2) is 47.4 Å². The molecule has 0 aliphatic carbocycles. The van der Waals surface area contributed by atoms with Gasteiger partial charge in [0.05, 0.1) is 31.8 Å². The van der Waals surface area contributed by atoms with Gasteiger partial charge in [-0.1, -0.05) is 12.1 Å². The molecule has 2 aromatic carbocycles. The lowest BCUT2D eigenvalue weighted by molar-refractivity contribution is 0.392. The summed E-state index contributed by atoms with van der Waals surface area (Å²) in [5.41, 5.74) is 1.76. The third-order valence-corrected chi connectivity index (χ3v) is 5.38. The molecule has 0 bridgehead atoms. The van der Waals surface area contributed by atoms with Crippen molar-refractivity contribution < 1.29 is 17.9 Å². The number of hydrogen-bond donors (Lipinski definition) is 1. The minimum absolute atomic E-state index is 0.0214. The number of ether oxygens (including phenoxy) is 2. The molecule has 3 aromatic rings. The predicted molar refractivity (Wildman–Crippen MR) is 94.3 cm³/mol. The molecule has 0 aliphatic heterocycles. The van der Waals surface area contributed by atoms with Crippen LogP contribution in [-0.4, -0.2) is 32.2 Å². The van der Waals surface area contributed by atoms with Gasteiger partial charge < -0.3 is 14.0 Å². The second-order valence-corrected chi connectivity index (χ2v) is 7.15. The van der Waals surface area contributed by atoms with E-state index in [9.17, 15) is 8.42 Å². The van der Waals surface area contributed by atoms with Crippen molar-refractivity contribution in [1.29, 1.82) is 0 Å². The number of nitrogens with one attached hydrogen (secondary N) is 1. The number of methoxy groups -OCH3 is 2. The molecule has 0 amide bonds. The van der Waals surface area contributed by atoms with Gasteiger partial charge >= 0.3 is 0 Å². The van der Waals surface area contributed by atoms with E-state index in [0.29, 0.717) is 11.6 Å². The summed E-state index contributed by atoms with van der Waals surface area (Å²) in [6.45, 7) is 0.0634. The fraction of sp³-hybridized carbons (Fsp3) is 0.235. The molecule has 0 atom stereocenters. The minimum atomic E-state index is -3.80. The fourth-order valence-electron chi connectivity index (χ4n) is 2.58. The highest BCUT2D eigenvalue weighted by Crippen LogP contribution is 2.28. The Hall–Kier alpha value is -2.58. The van der Waals surface area contributed by atoms with Crippen LogP contribution >= 0.6 is 0 Å². The first kappa shape index (κ1) is 17.2. The van der Waals surface area contributed by atoms with Crippen LogP contribution < -0.4 is 14.2 Å². The van der Waals surface area contributed by atoms with E-state index >= 15 is 0 Å². The highest BCUT2D eigenvalue weighted by atomic mass is 32.2. The zero-order valence-corrected chi connectivity index (χ0v) is 15.0. The number of para-hydroxylation sites is 2. The van der Waals surface area contributed by atoms with Crippen LogP contribution in [0.25, 0.3) is 11.0 Å². The maximum Gasteiger partial charge on any atom is 0.244 e. The summed E-state index contributed by atoms with van der Waals surface area (Å²) in [5, 5.41) is 0. The van der Waals surface area contributed by atoms with E-state index in [4.69, 9.17) is 9.47 Å². The Bertz CT molecular complexity index is 1010. The van der Waals surface area contributed by atoms with Crippen LogP contribution in [0.4, 0.5) is 0 Å². The fourth-order valence-corrected chi connectivity index (χ4v) is 3.75. The topological polar surface area (TPSA) is 82.4 Å². The molecular formula is C17H19N3O4S. The third-order valence-electron chi connectivity index (χ3n) is 3.96. The number of imidazole rings is 1. The van der Waals surface area contributed by atoms with Crippen molar-refractivity contribution >= 4 is 21.1 Å². The molecule has 0 unspecified atom stereocenters. The summed E-state index contributed by atoms with van der Waals surface area (Å²) in [4.78, 5) is 4.49. The van der Waals surface area contributed by atoms with Crippen LogP contribution in [0, 0.1) is 0 Å². The maximum atomic E-state index is 12.7. The van der Waals surface area contributed by atoms with E-state index in [1.807, 2.05) is 35.9 Å². The first-order valence-corrected chi connectivity index (χ1v) is 9.06. The molecule has 7 nitrogen and oxygen atoms in total. The molecular weight excluding hydrogens is 342 g/mol. The summed E-state index contributed by atoms with van der Waals surface area (Å²) >= 11 is 0. The van der Waals surface area contributed by atoms with Crippen molar-refractivity contribution in [1.82, 2.24) is 14.3 Å². The lowest BCUT2D eigenvalue weighted by Gasteiger charge is -2.12. The first-order chi connectivity index (χ1) is 12.0. The van der Waals surface area contributed by atoms with Gasteiger partial charge in [-0.15, -0.1) is 0 Å². The number of rotatable bonds is 6. The summed E-state index contributed by atoms with van der Waals surface area (Å²) < 4.78 is 40.1. The average molecular weight is 361 g/mol. The Morgan fingerprint density at radius 2 is 1.88 bits per heavy atom. The third kappa shape index (κ3) is 3.31. The number of aromatic nitrogens is 2. The Labute approximate surface area is 146 Å². The van der Waals surface area contributed by atoms with Crippen molar-refractivity contribution in [2.24, 2.45) is 7.05 Å². The van der Waals surface area contributed by atoms with Gasteiger partial charge in [0, 0.05) is 13.1 Å². The Morgan fingerprint density at radius 1 is 1.12 bits per heavy atom. The number of aryl methyl sites for hydroxylation is 1. The molecule has 0 saturated carbocycles. The Morgan fingerprint density at radius 3 is 2.56 bits per heavy atom. The van der Waals surface area contributed by atoms with Gasteiger partial charge in [-0.05, 0) is 24.3 Å². The summed E-state index contributed by atoms with van der Waals surface area (Å²) in [6, 6.07) is 12.3. The summed E-state index contributed by atoms with van der Waals surface area (Å²) in [6.07, 6.45) is 0. The molecule has 1 N–H and O–H groups in total. The van der Waals surface area contributed by atoms with E-state index in [-0.39, 0.29) is 17.2 Å². The number of hydrogen-bond acceptors (Lipinski definition) is 5. The zero-order chi connectivity index (χ0) is 18.0. The van der Waals surface area contributed by atoms with Gasteiger partial charge in [0.2, 0.25) is 10.0 Å². The molecule has 132 valence electrons. The molecule has 0 radical (unpaired) electrons. The molecule has 0 fully saturated rings. The van der Waals surface area contributed by atoms with Crippen molar-refractivity contribution in [3.05, 3.63) is 48.3 Å². The number of sulfonamides is 1. The molecule has 1 heterocycles. The monoisotopic (exact) mass is 361 g/mol. The SMILES string of the molecule is COc1ccc(OC)c(S(=O)(=O)NCc2nc3ccccc3n2C)c1. The lowest BCUT2D eigenvalue weighted by Crippen LogP contribution is -2.25. The Kier molecular flexibility index (Phi) is 4.65. The van der Waals surface area contributed by atoms with Crippen molar-refractivity contribution in [2.45, 2.75) is 11.4 Å². The Balaban J connectivity index is 1.90. The number of nitrogens with zero attached hydrogens (tertiary/aromatic N) is 2. The summed E-state index contributed by atoms with van der Waals surface area (Å²) in [5.74, 6) is 1.30. The normalized spacial score (nSPS) is 11.6. The van der Waals surface area contributed by atoms with Gasteiger partial charge in [-0.25, -0.2) is 18.1 Å². The second kappa shape index (κ2) is 6.73. The van der Waals surface area contributed by atoms with Gasteiger partial charge in [-0.3, -0.25) is 0 Å². The molecule has 0 saturated heterocycles. The quantitative estimate of drug-likeness (QED) is 0.727.